The second-order valence-electron chi connectivity index (χ2n) is 9.45. The van der Waals surface area contributed by atoms with Crippen molar-refractivity contribution in [2.24, 2.45) is 0 Å². The summed E-state index contributed by atoms with van der Waals surface area (Å²) in [6.07, 6.45) is 0. The maximum atomic E-state index is 5.06. The van der Waals surface area contributed by atoms with E-state index in [1.165, 1.54) is 33.1 Å². The van der Waals surface area contributed by atoms with Crippen molar-refractivity contribution in [3.05, 3.63) is 121 Å². The molecule has 0 radical (unpaired) electrons. The van der Waals surface area contributed by atoms with Crippen molar-refractivity contribution in [3.63, 3.8) is 0 Å². The average molecular weight is 493 g/mol. The molecule has 0 bridgehead atoms. The molecule has 3 aromatic heterocycles. The summed E-state index contributed by atoms with van der Waals surface area (Å²) in [5.74, 6) is 0.930. The molecule has 3 heterocycles. The predicted molar refractivity (Wildman–Crippen MR) is 160 cm³/mol. The molecule has 0 fully saturated rings. The zero-order chi connectivity index (χ0) is 25.8. The quantitative estimate of drug-likeness (QED) is 0.237. The number of aryl methyl sites for hydroxylation is 1. The molecule has 0 aliphatic heterocycles. The van der Waals surface area contributed by atoms with Gasteiger partial charge in [0.2, 0.25) is 5.78 Å². The molecular formula is C34H28N4. The van der Waals surface area contributed by atoms with E-state index in [-0.39, 0.29) is 0 Å². The summed E-state index contributed by atoms with van der Waals surface area (Å²) in [6, 6.07) is 41.0. The Labute approximate surface area is 221 Å². The highest BCUT2D eigenvalue weighted by atomic mass is 15.2. The highest BCUT2D eigenvalue weighted by molar-refractivity contribution is 6.10. The molecule has 8 aromatic rings. The van der Waals surface area contributed by atoms with E-state index in [2.05, 4.69) is 130 Å². The average Bonchev–Trinajstić information content (AvgIpc) is 3.61. The molecule has 0 unspecified atom stereocenters. The summed E-state index contributed by atoms with van der Waals surface area (Å²) < 4.78 is 6.92. The second-order valence-corrected chi connectivity index (χ2v) is 9.45. The van der Waals surface area contributed by atoms with Crippen LogP contribution in [-0.2, 0) is 0 Å². The van der Waals surface area contributed by atoms with Crippen LogP contribution in [-0.4, -0.2) is 18.5 Å². The number of benzene rings is 5. The Hall–Kier alpha value is -4.83. The predicted octanol–water partition coefficient (Wildman–Crippen LogP) is 8.86. The van der Waals surface area contributed by atoms with Gasteiger partial charge in [-0.1, -0.05) is 67.9 Å². The van der Waals surface area contributed by atoms with E-state index >= 15 is 0 Å². The van der Waals surface area contributed by atoms with Crippen LogP contribution in [0.5, 0.6) is 0 Å². The Morgan fingerprint density at radius 1 is 0.500 bits per heavy atom. The Morgan fingerprint density at radius 2 is 1.13 bits per heavy atom. The summed E-state index contributed by atoms with van der Waals surface area (Å²) in [4.78, 5) is 5.06. The van der Waals surface area contributed by atoms with E-state index in [0.29, 0.717) is 0 Å². The fraction of sp³-hybridized carbons (Fsp3) is 0.0882. The third kappa shape index (κ3) is 3.13. The zero-order valence-corrected chi connectivity index (χ0v) is 21.8. The van der Waals surface area contributed by atoms with Gasteiger partial charge in [0.05, 0.1) is 33.1 Å². The maximum absolute atomic E-state index is 5.06. The lowest BCUT2D eigenvalue weighted by molar-refractivity contribution is 1.11. The van der Waals surface area contributed by atoms with Gasteiger partial charge in [0.25, 0.3) is 0 Å². The molecule has 0 aliphatic rings. The number of aromatic nitrogens is 4. The lowest BCUT2D eigenvalue weighted by Gasteiger charge is -2.09. The number of nitrogens with zero attached hydrogens (tertiary/aromatic N) is 4. The van der Waals surface area contributed by atoms with Crippen LogP contribution in [0.1, 0.15) is 19.4 Å². The molecule has 8 rings (SSSR count). The summed E-state index contributed by atoms with van der Waals surface area (Å²) >= 11 is 0. The first-order chi connectivity index (χ1) is 18.8. The van der Waals surface area contributed by atoms with Crippen molar-refractivity contribution in [2.45, 2.75) is 20.8 Å². The minimum atomic E-state index is 0.930. The third-order valence-corrected chi connectivity index (χ3v) is 7.28. The van der Waals surface area contributed by atoms with Crippen molar-refractivity contribution >= 4 is 49.7 Å². The van der Waals surface area contributed by atoms with Gasteiger partial charge in [-0.3, -0.25) is 8.97 Å². The van der Waals surface area contributed by atoms with Crippen LogP contribution >= 0.6 is 0 Å². The first kappa shape index (κ1) is 22.4. The van der Waals surface area contributed by atoms with Gasteiger partial charge in [-0.05, 0) is 73.7 Å². The van der Waals surface area contributed by atoms with Crippen LogP contribution in [0.2, 0.25) is 0 Å². The third-order valence-electron chi connectivity index (χ3n) is 7.28. The molecule has 5 aromatic carbocycles. The summed E-state index contributed by atoms with van der Waals surface area (Å²) in [6.45, 7) is 6.16. The van der Waals surface area contributed by atoms with Gasteiger partial charge < -0.3 is 4.57 Å². The van der Waals surface area contributed by atoms with Gasteiger partial charge in [-0.15, -0.1) is 0 Å². The second kappa shape index (κ2) is 8.63. The van der Waals surface area contributed by atoms with Crippen LogP contribution in [0.4, 0.5) is 0 Å². The lowest BCUT2D eigenvalue weighted by atomic mass is 10.1. The first-order valence-electron chi connectivity index (χ1n) is 13.3. The van der Waals surface area contributed by atoms with Gasteiger partial charge in [-0.25, -0.2) is 4.98 Å². The summed E-state index contributed by atoms with van der Waals surface area (Å²) in [5, 5.41) is 2.50. The Bertz CT molecular complexity index is 2110. The van der Waals surface area contributed by atoms with E-state index in [0.717, 1.165) is 33.5 Å². The number of rotatable bonds is 2. The fourth-order valence-electron chi connectivity index (χ4n) is 5.72. The van der Waals surface area contributed by atoms with Gasteiger partial charge in [0.1, 0.15) is 0 Å². The number of fused-ring (bicyclic) bond motifs is 8. The highest BCUT2D eigenvalue weighted by Gasteiger charge is 2.18. The molecule has 0 aliphatic carbocycles. The van der Waals surface area contributed by atoms with Crippen molar-refractivity contribution in [1.82, 2.24) is 18.5 Å². The zero-order valence-electron chi connectivity index (χ0n) is 21.8. The van der Waals surface area contributed by atoms with E-state index in [4.69, 9.17) is 4.98 Å². The molecule has 0 amide bonds. The van der Waals surface area contributed by atoms with Crippen molar-refractivity contribution < 1.29 is 0 Å². The first-order valence-corrected chi connectivity index (χ1v) is 13.3. The topological polar surface area (TPSA) is 27.2 Å². The lowest BCUT2D eigenvalue weighted by Crippen LogP contribution is -1.96. The Balaban J connectivity index is 0.00000118. The molecular weight excluding hydrogens is 464 g/mol. The monoisotopic (exact) mass is 492 g/mol. The number of hydrogen-bond donors (Lipinski definition) is 0. The SMILES string of the molecule is CC.Cc1ccc2c(c1)c1cc(-n3c4ccccc4n4c5ccccc5nc34)ccc1n2-c1ccccc1. The normalized spacial score (nSPS) is 11.6. The van der Waals surface area contributed by atoms with Gasteiger partial charge >= 0.3 is 0 Å². The highest BCUT2D eigenvalue weighted by Crippen LogP contribution is 2.36. The van der Waals surface area contributed by atoms with E-state index in [1.54, 1.807) is 0 Å². The van der Waals surface area contributed by atoms with Gasteiger partial charge in [0.15, 0.2) is 0 Å². The van der Waals surface area contributed by atoms with Crippen LogP contribution in [0.15, 0.2) is 115 Å². The summed E-state index contributed by atoms with van der Waals surface area (Å²) in [5.41, 5.74) is 10.4. The van der Waals surface area contributed by atoms with Crippen LogP contribution < -0.4 is 0 Å². The molecule has 0 saturated heterocycles. The number of imidazole rings is 2. The molecule has 4 nitrogen and oxygen atoms in total. The van der Waals surface area contributed by atoms with Gasteiger partial charge in [-0.2, -0.15) is 0 Å². The van der Waals surface area contributed by atoms with Gasteiger partial charge in [0, 0.05) is 22.1 Å². The molecule has 0 spiro atoms. The van der Waals surface area contributed by atoms with E-state index in [9.17, 15) is 0 Å². The van der Waals surface area contributed by atoms with Crippen molar-refractivity contribution in [2.75, 3.05) is 0 Å². The van der Waals surface area contributed by atoms with Crippen LogP contribution in [0.3, 0.4) is 0 Å². The Kier molecular flexibility index (Phi) is 5.08. The molecule has 0 N–H and O–H groups in total. The van der Waals surface area contributed by atoms with Crippen molar-refractivity contribution in [3.8, 4) is 11.4 Å². The number of hydrogen-bond acceptors (Lipinski definition) is 1. The minimum absolute atomic E-state index is 0.930. The minimum Gasteiger partial charge on any atom is -0.309 e. The molecule has 184 valence electrons. The van der Waals surface area contributed by atoms with E-state index < -0.39 is 0 Å². The molecule has 0 atom stereocenters. The largest absolute Gasteiger partial charge is 0.309 e. The van der Waals surface area contributed by atoms with Crippen LogP contribution in [0, 0.1) is 6.92 Å². The molecule has 38 heavy (non-hydrogen) atoms. The molecule has 0 saturated carbocycles. The Morgan fingerprint density at radius 3 is 1.92 bits per heavy atom. The smallest absolute Gasteiger partial charge is 0.220 e. The maximum Gasteiger partial charge on any atom is 0.220 e. The molecule has 4 heteroatoms. The standard InChI is InChI=1S/C32H22N4.C2H6/c1-21-15-17-27-24(19-21)25-20-23(16-18-28(25)34(27)22-9-3-2-4-10-22)35-30-13-7-8-14-31(30)36-29-12-6-5-11-26(29)33-32(35)36;1-2/h2-20H,1H3;1-2H3. The fourth-order valence-corrected chi connectivity index (χ4v) is 5.72. The van der Waals surface area contributed by atoms with Crippen LogP contribution in [0.25, 0.3) is 61.0 Å². The number of para-hydroxylation sites is 5. The van der Waals surface area contributed by atoms with Crippen molar-refractivity contribution in [1.29, 1.82) is 0 Å². The van der Waals surface area contributed by atoms with E-state index in [1.807, 2.05) is 19.9 Å². The summed E-state index contributed by atoms with van der Waals surface area (Å²) in [7, 11) is 0.